The number of amides is 1. The first-order valence-electron chi connectivity index (χ1n) is 12.1. The average molecular weight is 540 g/mol. The van der Waals surface area contributed by atoms with E-state index in [2.05, 4.69) is 0 Å². The fourth-order valence-electron chi connectivity index (χ4n) is 4.17. The van der Waals surface area contributed by atoms with Gasteiger partial charge in [-0.05, 0) is 60.9 Å². The van der Waals surface area contributed by atoms with Gasteiger partial charge in [0.1, 0.15) is 17.3 Å². The van der Waals surface area contributed by atoms with Crippen molar-refractivity contribution in [3.05, 3.63) is 88.2 Å². The van der Waals surface area contributed by atoms with E-state index in [9.17, 15) is 24.2 Å². The van der Waals surface area contributed by atoms with Crippen molar-refractivity contribution in [2.75, 3.05) is 18.1 Å². The van der Waals surface area contributed by atoms with Crippen LogP contribution in [-0.4, -0.2) is 35.1 Å². The van der Waals surface area contributed by atoms with Crippen LogP contribution in [0.25, 0.3) is 5.76 Å². The summed E-state index contributed by atoms with van der Waals surface area (Å²) in [6.45, 7) is 6.46. The second-order valence-electron chi connectivity index (χ2n) is 9.16. The van der Waals surface area contributed by atoms with E-state index in [1.165, 1.54) is 30.3 Å². The van der Waals surface area contributed by atoms with Gasteiger partial charge >= 0.3 is 0 Å². The number of rotatable bonds is 8. The van der Waals surface area contributed by atoms with Crippen LogP contribution in [0.3, 0.4) is 0 Å². The van der Waals surface area contributed by atoms with Crippen LogP contribution in [0.15, 0.2) is 66.2 Å². The topological polar surface area (TPSA) is 96.3 Å². The molecule has 1 heterocycles. The van der Waals surface area contributed by atoms with Crippen molar-refractivity contribution in [1.82, 2.24) is 0 Å². The number of phenolic OH excluding ortho intramolecular Hbond substituents is 1. The van der Waals surface area contributed by atoms with Crippen LogP contribution in [-0.2, 0) is 9.59 Å². The summed E-state index contributed by atoms with van der Waals surface area (Å²) in [5.41, 5.74) is 0.613. The highest BCUT2D eigenvalue weighted by Crippen LogP contribution is 2.44. The number of halogens is 2. The largest absolute Gasteiger partial charge is 0.507 e. The number of aliphatic hydroxyl groups is 1. The van der Waals surface area contributed by atoms with Gasteiger partial charge in [0.05, 0.1) is 29.9 Å². The van der Waals surface area contributed by atoms with Crippen LogP contribution in [0.5, 0.6) is 17.2 Å². The molecule has 1 aliphatic rings. The van der Waals surface area contributed by atoms with Crippen molar-refractivity contribution in [2.45, 2.75) is 26.8 Å². The number of aliphatic hydroxyl groups excluding tert-OH is 1. The molecule has 1 unspecified atom stereocenters. The Labute approximate surface area is 224 Å². The molecule has 198 valence electrons. The first-order valence-corrected chi connectivity index (χ1v) is 12.4. The molecular weight excluding hydrogens is 513 g/mol. The summed E-state index contributed by atoms with van der Waals surface area (Å²) in [7, 11) is 0. The number of carbonyl (C=O) groups excluding carboxylic acids is 2. The minimum atomic E-state index is -1.13. The highest BCUT2D eigenvalue weighted by molar-refractivity contribution is 6.51. The predicted molar refractivity (Wildman–Crippen MR) is 142 cm³/mol. The number of nitrogens with zero attached hydrogens (tertiary/aromatic N) is 1. The van der Waals surface area contributed by atoms with E-state index in [0.29, 0.717) is 17.9 Å². The Kier molecular flexibility index (Phi) is 7.92. The number of benzene rings is 3. The maximum atomic E-state index is 13.9. The lowest BCUT2D eigenvalue weighted by Crippen LogP contribution is -2.29. The monoisotopic (exact) mass is 539 g/mol. The van der Waals surface area contributed by atoms with Crippen molar-refractivity contribution in [1.29, 1.82) is 0 Å². The Morgan fingerprint density at radius 2 is 1.84 bits per heavy atom. The minimum Gasteiger partial charge on any atom is -0.507 e. The zero-order valence-electron chi connectivity index (χ0n) is 21.1. The van der Waals surface area contributed by atoms with E-state index in [0.717, 1.165) is 11.0 Å². The normalized spacial score (nSPS) is 16.8. The molecule has 0 radical (unpaired) electrons. The van der Waals surface area contributed by atoms with Gasteiger partial charge < -0.3 is 19.7 Å². The average Bonchev–Trinajstić information content (AvgIpc) is 3.16. The Morgan fingerprint density at radius 1 is 1.08 bits per heavy atom. The number of hydrogen-bond acceptors (Lipinski definition) is 6. The molecule has 9 heteroatoms. The number of ether oxygens (including phenoxy) is 2. The highest BCUT2D eigenvalue weighted by Gasteiger charge is 2.47. The zero-order chi connectivity index (χ0) is 27.6. The van der Waals surface area contributed by atoms with Crippen molar-refractivity contribution < 1.29 is 33.7 Å². The highest BCUT2D eigenvalue weighted by atomic mass is 35.5. The Morgan fingerprint density at radius 3 is 2.53 bits per heavy atom. The molecular formula is C29H27ClFNO6. The molecule has 0 bridgehead atoms. The standard InChI is InChI=1S/C29H27ClFNO6/c1-4-37-24-13-17(8-11-23(24)33)26-25(27(34)18-6-5-7-20(12-18)38-15-16(2)3)28(35)29(36)32(26)19-9-10-22(31)21(30)14-19/h5-14,16,26,33-34H,4,15H2,1-3H3/b27-25+. The molecule has 1 saturated heterocycles. The third-order valence-corrected chi connectivity index (χ3v) is 6.21. The molecule has 1 aliphatic heterocycles. The lowest BCUT2D eigenvalue weighted by atomic mass is 9.94. The molecule has 4 rings (SSSR count). The van der Waals surface area contributed by atoms with Gasteiger partial charge in [0.2, 0.25) is 0 Å². The number of anilines is 1. The molecule has 0 aromatic heterocycles. The number of Topliss-reactive ketones (excluding diaryl/α,β-unsaturated/α-hetero) is 1. The van der Waals surface area contributed by atoms with Crippen LogP contribution in [0, 0.1) is 11.7 Å². The molecule has 1 amide bonds. The van der Waals surface area contributed by atoms with Crippen LogP contribution in [0.1, 0.15) is 37.9 Å². The summed E-state index contributed by atoms with van der Waals surface area (Å²) in [6.07, 6.45) is 0. The first-order chi connectivity index (χ1) is 18.1. The second-order valence-corrected chi connectivity index (χ2v) is 9.57. The Balaban J connectivity index is 1.91. The summed E-state index contributed by atoms with van der Waals surface area (Å²) >= 11 is 6.00. The number of aromatic hydroxyl groups is 1. The van der Waals surface area contributed by atoms with Crippen molar-refractivity contribution in [2.24, 2.45) is 5.92 Å². The van der Waals surface area contributed by atoms with Crippen LogP contribution in [0.2, 0.25) is 5.02 Å². The smallest absolute Gasteiger partial charge is 0.300 e. The van der Waals surface area contributed by atoms with Gasteiger partial charge in [-0.15, -0.1) is 0 Å². The van der Waals surface area contributed by atoms with Gasteiger partial charge in [-0.25, -0.2) is 4.39 Å². The molecule has 0 aliphatic carbocycles. The molecule has 0 spiro atoms. The summed E-state index contributed by atoms with van der Waals surface area (Å²) in [5.74, 6) is -2.21. The lowest BCUT2D eigenvalue weighted by Gasteiger charge is -2.26. The van der Waals surface area contributed by atoms with Crippen LogP contribution < -0.4 is 14.4 Å². The number of phenols is 1. The number of carbonyl (C=O) groups is 2. The van der Waals surface area contributed by atoms with E-state index >= 15 is 0 Å². The first kappa shape index (κ1) is 27.0. The number of ketones is 1. The minimum absolute atomic E-state index is 0.132. The SMILES string of the molecule is CCOc1cc(C2/C(=C(\O)c3cccc(OCC(C)C)c3)C(=O)C(=O)N2c2ccc(F)c(Cl)c2)ccc1O. The van der Waals surface area contributed by atoms with Crippen molar-refractivity contribution in [3.63, 3.8) is 0 Å². The van der Waals surface area contributed by atoms with E-state index < -0.39 is 29.3 Å². The molecule has 1 atom stereocenters. The maximum absolute atomic E-state index is 13.9. The summed E-state index contributed by atoms with van der Waals surface area (Å²) < 4.78 is 25.2. The van der Waals surface area contributed by atoms with Crippen molar-refractivity contribution in [3.8, 4) is 17.2 Å². The number of hydrogen-bond donors (Lipinski definition) is 2. The van der Waals surface area contributed by atoms with Gasteiger partial charge in [0.25, 0.3) is 11.7 Å². The Hall–Kier alpha value is -4.04. The van der Waals surface area contributed by atoms with Crippen LogP contribution in [0.4, 0.5) is 10.1 Å². The summed E-state index contributed by atoms with van der Waals surface area (Å²) in [6, 6.07) is 13.5. The van der Waals surface area contributed by atoms with Gasteiger partial charge in [-0.1, -0.05) is 43.6 Å². The molecule has 3 aromatic rings. The molecule has 38 heavy (non-hydrogen) atoms. The van der Waals surface area contributed by atoms with Crippen LogP contribution >= 0.6 is 11.6 Å². The van der Waals surface area contributed by atoms with Crippen molar-refractivity contribution >= 4 is 34.7 Å². The molecule has 3 aromatic carbocycles. The molecule has 1 fully saturated rings. The summed E-state index contributed by atoms with van der Waals surface area (Å²) in [4.78, 5) is 27.9. The van der Waals surface area contributed by atoms with E-state index in [4.69, 9.17) is 21.1 Å². The fraction of sp³-hybridized carbons (Fsp3) is 0.241. The van der Waals surface area contributed by atoms with Gasteiger partial charge in [0.15, 0.2) is 11.5 Å². The van der Waals surface area contributed by atoms with Gasteiger partial charge in [-0.2, -0.15) is 0 Å². The second kappa shape index (κ2) is 11.1. The fourth-order valence-corrected chi connectivity index (χ4v) is 4.35. The van der Waals surface area contributed by atoms with Gasteiger partial charge in [0, 0.05) is 11.3 Å². The predicted octanol–water partition coefficient (Wildman–Crippen LogP) is 6.24. The lowest BCUT2D eigenvalue weighted by molar-refractivity contribution is -0.132. The maximum Gasteiger partial charge on any atom is 0.300 e. The van der Waals surface area contributed by atoms with E-state index in [1.54, 1.807) is 31.2 Å². The molecule has 2 N–H and O–H groups in total. The zero-order valence-corrected chi connectivity index (χ0v) is 21.8. The van der Waals surface area contributed by atoms with E-state index in [1.807, 2.05) is 13.8 Å². The quantitative estimate of drug-likeness (QED) is 0.200. The molecule has 0 saturated carbocycles. The Bertz CT molecular complexity index is 1420. The molecule has 7 nitrogen and oxygen atoms in total. The van der Waals surface area contributed by atoms with E-state index in [-0.39, 0.29) is 45.9 Å². The third kappa shape index (κ3) is 5.31. The third-order valence-electron chi connectivity index (χ3n) is 5.92. The van der Waals surface area contributed by atoms with Gasteiger partial charge in [-0.3, -0.25) is 14.5 Å². The summed E-state index contributed by atoms with van der Waals surface area (Å²) in [5, 5.41) is 21.4.